The Balaban J connectivity index is 1.14. The minimum Gasteiger partial charge on any atom is -0.492 e. The SMILES string of the molecule is C/C=C/C1O[C@H](C(/C=C/C=C(\C)C[C@@H](C)/C=C(C)\C=C\[C@H]2CC=CC(=O)O2)CNC(=O)OCCc2cn(CCC[C@H](NC(=O)[C@@H](CC(=O)O)NC(=O)[C@@H](CC(=O)O)NC(=O)[C@@H](CC(=O)O)NC(=O)CC[C@@H](C)NC(=O)c3ccc(NCc4cnc5nc(N)nc(O)c5n4)cc3)C(=O)N[C@H](CC(=O)O)C(=O)N[C@H](CC(=O)O)C(=O)N[C@H](CCCCN)C(=O)O)nn2)C[C@@H](O)[C@@H]1C. The van der Waals surface area contributed by atoms with Crippen molar-refractivity contribution in [2.75, 3.05) is 30.7 Å². The van der Waals surface area contributed by atoms with Crippen molar-refractivity contribution in [2.45, 2.75) is 230 Å². The minimum absolute atomic E-state index is 0.0193. The lowest BCUT2D eigenvalue weighted by molar-refractivity contribution is -0.145. The average molecular weight is 1820 g/mol. The quantitative estimate of drug-likeness (QED) is 0.0126. The van der Waals surface area contributed by atoms with Crippen LogP contribution in [0.2, 0.25) is 0 Å². The average Bonchev–Trinajstić information content (AvgIpc) is 1.79. The number of nitrogen functional groups attached to an aromatic ring is 1. The minimum atomic E-state index is -2.33. The normalized spacial score (nSPS) is 18.1. The Labute approximate surface area is 745 Å². The number of carbonyl (C=O) groups excluding carboxylic acids is 10. The highest BCUT2D eigenvalue weighted by molar-refractivity contribution is 6.01. The summed E-state index contributed by atoms with van der Waals surface area (Å²) < 4.78 is 18.6. The fraction of sp³-hybridized carbons (Fsp3) is 0.500. The van der Waals surface area contributed by atoms with Crippen molar-refractivity contribution in [3.63, 3.8) is 0 Å². The number of ether oxygens (including phenoxy) is 3. The topological polar surface area (TPSA) is 717 Å². The largest absolute Gasteiger partial charge is 0.492 e. The number of nitrogens with two attached hydrogens (primary N) is 2. The highest BCUT2D eigenvalue weighted by Crippen LogP contribution is 2.31. The summed E-state index contributed by atoms with van der Waals surface area (Å²) in [4.78, 5) is 226. The first-order valence-electron chi connectivity index (χ1n) is 41.8. The molecule has 1 aromatic carbocycles. The predicted octanol–water partition coefficient (Wildman–Crippen LogP) is 0.789. The van der Waals surface area contributed by atoms with E-state index in [9.17, 15) is 118 Å². The number of benzene rings is 1. The summed E-state index contributed by atoms with van der Waals surface area (Å²) in [5.41, 5.74) is 14.6. The van der Waals surface area contributed by atoms with Crippen LogP contribution in [0.3, 0.4) is 0 Å². The first kappa shape index (κ1) is 105. The number of aromatic nitrogens is 7. The number of esters is 1. The van der Waals surface area contributed by atoms with E-state index in [4.69, 9.17) is 25.7 Å². The monoisotopic (exact) mass is 1820 g/mol. The summed E-state index contributed by atoms with van der Waals surface area (Å²) in [6.45, 7) is 11.1. The number of anilines is 2. The number of carboxylic acids is 6. The molecule has 0 aliphatic carbocycles. The number of nitrogens with one attached hydrogen (secondary N) is 10. The summed E-state index contributed by atoms with van der Waals surface area (Å²) in [6.07, 6.45) is 12.3. The molecule has 4 aromatic rings. The second kappa shape index (κ2) is 52.8. The fourth-order valence-corrected chi connectivity index (χ4v) is 13.5. The van der Waals surface area contributed by atoms with Gasteiger partial charge in [-0.1, -0.05) is 78.8 Å². The van der Waals surface area contributed by atoms with Gasteiger partial charge in [-0.15, -0.1) is 5.10 Å². The van der Waals surface area contributed by atoms with Crippen LogP contribution in [0.1, 0.15) is 160 Å². The van der Waals surface area contributed by atoms with Gasteiger partial charge in [0.15, 0.2) is 11.2 Å². The molecule has 9 amide bonds. The molecule has 706 valence electrons. The van der Waals surface area contributed by atoms with Crippen LogP contribution in [0.4, 0.5) is 16.4 Å². The second-order valence-electron chi connectivity index (χ2n) is 31.2. The van der Waals surface area contributed by atoms with Gasteiger partial charge in [-0.2, -0.15) is 9.97 Å². The number of carboxylic acid groups (broad SMARTS) is 6. The molecule has 1 saturated heterocycles. The fourth-order valence-electron chi connectivity index (χ4n) is 13.5. The van der Waals surface area contributed by atoms with E-state index in [1.165, 1.54) is 42.2 Å². The lowest BCUT2D eigenvalue weighted by atomic mass is 9.85. The van der Waals surface area contributed by atoms with E-state index in [1.54, 1.807) is 18.2 Å². The molecule has 22 N–H and O–H groups in total. The number of rotatable bonds is 54. The van der Waals surface area contributed by atoms with Crippen LogP contribution >= 0.6 is 0 Å². The molecular formula is C84H113N19O27. The number of aliphatic hydroxyl groups is 1. The lowest BCUT2D eigenvalue weighted by Crippen LogP contribution is -2.60. The maximum absolute atomic E-state index is 14.6. The van der Waals surface area contributed by atoms with Crippen molar-refractivity contribution in [2.24, 2.45) is 23.5 Å². The third-order valence-electron chi connectivity index (χ3n) is 20.3. The zero-order chi connectivity index (χ0) is 95.8. The molecule has 46 nitrogen and oxygen atoms in total. The molecule has 1 fully saturated rings. The van der Waals surface area contributed by atoms with Gasteiger partial charge >= 0.3 is 47.9 Å². The van der Waals surface area contributed by atoms with Gasteiger partial charge in [0, 0.05) is 80.2 Å². The van der Waals surface area contributed by atoms with E-state index in [0.29, 0.717) is 30.6 Å². The molecule has 2 unspecified atom stereocenters. The Hall–Kier alpha value is -14.2. The van der Waals surface area contributed by atoms with Gasteiger partial charge in [-0.25, -0.2) is 24.4 Å². The predicted molar refractivity (Wildman–Crippen MR) is 459 cm³/mol. The number of carbonyl (C=O) groups is 16. The summed E-state index contributed by atoms with van der Waals surface area (Å²) in [7, 11) is 0. The Morgan fingerprint density at radius 1 is 0.677 bits per heavy atom. The number of unbranched alkanes of at least 4 members (excludes halogenated alkanes) is 1. The first-order chi connectivity index (χ1) is 61.6. The molecule has 0 spiro atoms. The summed E-state index contributed by atoms with van der Waals surface area (Å²) in [5, 5.41) is 112. The van der Waals surface area contributed by atoms with Crippen LogP contribution < -0.4 is 64.6 Å². The third-order valence-corrected chi connectivity index (χ3v) is 20.3. The molecule has 2 aliphatic rings. The summed E-state index contributed by atoms with van der Waals surface area (Å²) in [5.74, 6) is -22.5. The Morgan fingerprint density at radius 3 is 1.80 bits per heavy atom. The Kier molecular flexibility index (Phi) is 42.5. The maximum atomic E-state index is 14.6. The van der Waals surface area contributed by atoms with E-state index in [0.717, 1.165) is 11.1 Å². The lowest BCUT2D eigenvalue weighted by Gasteiger charge is -2.39. The number of aliphatic carboxylic acids is 6. The number of alkyl carbamates (subject to hydrolysis) is 1. The molecule has 3 aromatic heterocycles. The number of amides is 9. The smallest absolute Gasteiger partial charge is 0.407 e. The summed E-state index contributed by atoms with van der Waals surface area (Å²) >= 11 is 0. The molecule has 46 heteroatoms. The number of aryl methyl sites for hydroxylation is 1. The van der Waals surface area contributed by atoms with E-state index in [1.807, 2.05) is 86.2 Å². The first-order valence-corrected chi connectivity index (χ1v) is 41.8. The Morgan fingerprint density at radius 2 is 1.24 bits per heavy atom. The zero-order valence-corrected chi connectivity index (χ0v) is 72.4. The van der Waals surface area contributed by atoms with Gasteiger partial charge in [0.25, 0.3) is 5.91 Å². The molecule has 5 heterocycles. The van der Waals surface area contributed by atoms with Gasteiger partial charge in [0.05, 0.1) is 81.2 Å². The Bertz CT molecular complexity index is 4860. The van der Waals surface area contributed by atoms with Gasteiger partial charge in [0.1, 0.15) is 48.4 Å². The van der Waals surface area contributed by atoms with Crippen molar-refractivity contribution in [1.29, 1.82) is 0 Å². The number of hydrogen-bond acceptors (Lipinski definition) is 30. The van der Waals surface area contributed by atoms with Gasteiger partial charge in [-0.05, 0) is 115 Å². The number of allylic oxidation sites excluding steroid dienone is 7. The number of cyclic esters (lactones) is 1. The molecule has 0 saturated carbocycles. The zero-order valence-electron chi connectivity index (χ0n) is 72.4. The van der Waals surface area contributed by atoms with Crippen molar-refractivity contribution in [3.05, 3.63) is 126 Å². The number of aromatic hydroxyl groups is 1. The molecule has 6 rings (SSSR count). The van der Waals surface area contributed by atoms with Crippen LogP contribution in [0.5, 0.6) is 5.88 Å². The van der Waals surface area contributed by atoms with Crippen molar-refractivity contribution in [3.8, 4) is 5.88 Å². The van der Waals surface area contributed by atoms with Crippen molar-refractivity contribution in [1.82, 2.24) is 82.8 Å². The van der Waals surface area contributed by atoms with E-state index in [2.05, 4.69) is 80.5 Å². The van der Waals surface area contributed by atoms with Crippen LogP contribution in [-0.2, 0) is 101 Å². The second-order valence-corrected chi connectivity index (χ2v) is 31.2. The number of hydrogen-bond donors (Lipinski definition) is 20. The maximum Gasteiger partial charge on any atom is 0.407 e. The van der Waals surface area contributed by atoms with Crippen LogP contribution in [0.25, 0.3) is 11.2 Å². The number of aliphatic hydroxyl groups excluding tert-OH is 1. The van der Waals surface area contributed by atoms with E-state index >= 15 is 0 Å². The molecule has 0 radical (unpaired) electrons. The van der Waals surface area contributed by atoms with Gasteiger partial charge in [0.2, 0.25) is 53.2 Å². The highest BCUT2D eigenvalue weighted by atomic mass is 16.6. The molecule has 0 bridgehead atoms. The van der Waals surface area contributed by atoms with Crippen LogP contribution in [0, 0.1) is 17.8 Å². The third kappa shape index (κ3) is 37.0. The van der Waals surface area contributed by atoms with Crippen LogP contribution in [0.15, 0.2) is 109 Å². The van der Waals surface area contributed by atoms with E-state index in [-0.39, 0.29) is 118 Å². The number of nitrogens with zero attached hydrogens (tertiary/aromatic N) is 7. The van der Waals surface area contributed by atoms with E-state index < -0.39 is 219 Å². The van der Waals surface area contributed by atoms with Gasteiger partial charge in [-0.3, -0.25) is 67.0 Å². The van der Waals surface area contributed by atoms with Crippen molar-refractivity contribution >= 4 is 118 Å². The molecule has 2 aliphatic heterocycles. The standard InChI is InChI=1S/C84H113N19O27/c1-7-13-63-48(6)62(104)39-64(130-63)50(15-10-14-44(2)32-46(4)33-45(3)20-26-54-16-11-19-71(116)129-54)40-89-84(127)128-31-28-52-43-103(102-101-52)30-12-18-55(75(118)95-60(37-69(112)113)79(122)98-59(36-68(110)111)78(121)94-56(82(125)126)17-8-9-29-85)93-77(120)58(35-67(108)109)97-80(123)61(38-70(114)115)96-76(119)57(34-66(106)107)92-65(105)27-21-47(5)90-74(117)49-22-24-51(25-23-49)87-41-53-42-88-73-72(91-53)81(124)100-83(86)99-73/h7,10-11,13-15,19-20,22-26,33,42-43,46-48,50,54-64,87,104H,8-9,12,16-18,21,27-32,34-41,85H2,1-6H3,(H,89,127)(H,90,117)(H,92,105)(H,93,120)(H,94,121)(H,95,118)(H,96,119)(H,97,123)(H,98,122)(H,106,107)(H,108,109)(H,110,111)(H,112,113)(H,114,115)(H,125,126)(H3,86,88,99,100,124)/b13-7+,15-10+,26-20+,44-14+,45-33-/t46-,47-,48+,50?,54-,55+,56-,57-,58-,59-,60-,61-,62-,63?,64+/m1/s1. The van der Waals surface area contributed by atoms with Gasteiger partial charge < -0.3 is 120 Å². The summed E-state index contributed by atoms with van der Waals surface area (Å²) in [6, 6.07) is -9.34. The molecular weight excluding hydrogens is 1710 g/mol. The molecule has 15 atom stereocenters. The highest BCUT2D eigenvalue weighted by Gasteiger charge is 2.40. The molecule has 130 heavy (non-hydrogen) atoms. The number of fused-ring (bicyclic) bond motifs is 1. The van der Waals surface area contributed by atoms with Crippen molar-refractivity contribution < 1.29 is 132 Å². The van der Waals surface area contributed by atoms with Crippen LogP contribution in [-0.4, -0.2) is 263 Å².